The van der Waals surface area contributed by atoms with E-state index < -0.39 is 0 Å². The summed E-state index contributed by atoms with van der Waals surface area (Å²) in [7, 11) is 1.68. The number of primary amides is 1. The molecule has 0 aliphatic heterocycles. The number of methoxy groups -OCH3 is 1. The van der Waals surface area contributed by atoms with Crippen molar-refractivity contribution in [3.05, 3.63) is 71.9 Å². The fraction of sp³-hybridized carbons (Fsp3) is 0.231. The highest BCUT2D eigenvalue weighted by atomic mass is 16.5. The molecule has 0 bridgehead atoms. The quantitative estimate of drug-likeness (QED) is 0.444. The van der Waals surface area contributed by atoms with Gasteiger partial charge < -0.3 is 15.5 Å². The molecule has 0 spiro atoms. The van der Waals surface area contributed by atoms with Crippen molar-refractivity contribution in [2.75, 3.05) is 7.11 Å². The van der Waals surface area contributed by atoms with Gasteiger partial charge in [-0.15, -0.1) is 0 Å². The zero-order valence-electron chi connectivity index (χ0n) is 17.5. The van der Waals surface area contributed by atoms with Gasteiger partial charge in [0.25, 0.3) is 0 Å². The molecule has 3 N–H and O–H groups in total. The van der Waals surface area contributed by atoms with Crippen LogP contribution >= 0.6 is 0 Å². The molecule has 156 valence electrons. The van der Waals surface area contributed by atoms with Gasteiger partial charge in [0.2, 0.25) is 5.91 Å². The minimum absolute atomic E-state index is 0.353. The number of amides is 1. The van der Waals surface area contributed by atoms with Crippen LogP contribution < -0.4 is 10.5 Å². The van der Waals surface area contributed by atoms with Gasteiger partial charge >= 0.3 is 0 Å². The van der Waals surface area contributed by atoms with Crippen molar-refractivity contribution in [2.45, 2.75) is 31.6 Å². The highest BCUT2D eigenvalue weighted by molar-refractivity contribution is 5.99. The summed E-state index contributed by atoms with van der Waals surface area (Å²) in [6.45, 7) is 0. The molecule has 2 heterocycles. The number of hydrogen-bond acceptors (Lipinski definition) is 3. The van der Waals surface area contributed by atoms with E-state index >= 15 is 0 Å². The first-order valence-electron chi connectivity index (χ1n) is 10.7. The van der Waals surface area contributed by atoms with Crippen LogP contribution in [-0.2, 0) is 0 Å². The van der Waals surface area contributed by atoms with Gasteiger partial charge in [0.1, 0.15) is 11.4 Å². The lowest BCUT2D eigenvalue weighted by Crippen LogP contribution is -2.15. The van der Waals surface area contributed by atoms with E-state index in [0.717, 1.165) is 57.6 Å². The molecule has 1 amide bonds. The normalized spacial score (nSPS) is 14.2. The molecular weight excluding hydrogens is 386 g/mol. The van der Waals surface area contributed by atoms with Crippen LogP contribution in [0.25, 0.3) is 33.4 Å². The predicted molar refractivity (Wildman–Crippen MR) is 123 cm³/mol. The molecule has 1 saturated carbocycles. The highest BCUT2D eigenvalue weighted by Crippen LogP contribution is 2.39. The molecule has 1 fully saturated rings. The molecule has 2 aromatic carbocycles. The van der Waals surface area contributed by atoms with Crippen LogP contribution in [0.2, 0.25) is 0 Å². The summed E-state index contributed by atoms with van der Waals surface area (Å²) in [5.74, 6) is 0.855. The van der Waals surface area contributed by atoms with Crippen molar-refractivity contribution in [3.8, 4) is 28.1 Å². The summed E-state index contributed by atoms with van der Waals surface area (Å²) < 4.78 is 5.53. The number of rotatable bonds is 5. The molecule has 4 aromatic rings. The molecule has 31 heavy (non-hydrogen) atoms. The van der Waals surface area contributed by atoms with Crippen LogP contribution in [-0.4, -0.2) is 23.0 Å². The number of nitrogens with zero attached hydrogens (tertiary/aromatic N) is 1. The van der Waals surface area contributed by atoms with Gasteiger partial charge in [-0.05, 0) is 65.8 Å². The molecule has 1 aliphatic rings. The Morgan fingerprint density at radius 2 is 1.87 bits per heavy atom. The number of benzene rings is 2. The first kappa shape index (κ1) is 19.4. The zero-order valence-corrected chi connectivity index (χ0v) is 17.5. The van der Waals surface area contributed by atoms with Gasteiger partial charge in [-0.25, -0.2) is 4.98 Å². The van der Waals surface area contributed by atoms with Crippen LogP contribution in [0.4, 0.5) is 0 Å². The number of para-hydroxylation sites is 1. The number of hydrogen-bond donors (Lipinski definition) is 2. The number of nitrogens with one attached hydrogen (secondary N) is 1. The maximum atomic E-state index is 12.1. The second-order valence-corrected chi connectivity index (χ2v) is 8.15. The Bertz CT molecular complexity index is 1270. The molecule has 5 heteroatoms. The van der Waals surface area contributed by atoms with Crippen molar-refractivity contribution in [3.63, 3.8) is 0 Å². The Hall–Kier alpha value is -3.60. The molecular formula is C26H25N3O2. The van der Waals surface area contributed by atoms with Crippen LogP contribution in [0, 0.1) is 0 Å². The lowest BCUT2D eigenvalue weighted by Gasteiger charge is -2.16. The smallest absolute Gasteiger partial charge is 0.248 e. The van der Waals surface area contributed by atoms with Crippen LogP contribution in [0.5, 0.6) is 5.75 Å². The Morgan fingerprint density at radius 3 is 2.65 bits per heavy atom. The van der Waals surface area contributed by atoms with Crippen molar-refractivity contribution < 1.29 is 9.53 Å². The monoisotopic (exact) mass is 411 g/mol. The number of aromatic nitrogens is 2. The van der Waals surface area contributed by atoms with E-state index in [1.165, 1.54) is 12.8 Å². The van der Waals surface area contributed by atoms with Gasteiger partial charge in [-0.1, -0.05) is 37.1 Å². The number of pyridine rings is 1. The number of ether oxygens (including phenoxy) is 1. The summed E-state index contributed by atoms with van der Waals surface area (Å²) >= 11 is 0. The standard InChI is InChI=1S/C26H25N3O2/c1-31-24-9-5-4-8-20(24)23-15-22-18(12-13-28-26(22)29-23)17-10-11-19(25(27)30)21(14-17)16-6-2-3-7-16/h4-5,8-16H,2-3,6-7H2,1H3,(H2,27,30)(H,28,29). The number of carbonyl (C=O) groups is 1. The van der Waals surface area contributed by atoms with Crippen molar-refractivity contribution in [1.82, 2.24) is 9.97 Å². The lowest BCUT2D eigenvalue weighted by molar-refractivity contribution is 0.0999. The average Bonchev–Trinajstić information content (AvgIpc) is 3.48. The number of fused-ring (bicyclic) bond motifs is 1. The van der Waals surface area contributed by atoms with E-state index in [1.54, 1.807) is 7.11 Å². The van der Waals surface area contributed by atoms with Gasteiger partial charge in [-0.3, -0.25) is 4.79 Å². The maximum Gasteiger partial charge on any atom is 0.248 e. The fourth-order valence-corrected chi connectivity index (χ4v) is 4.82. The molecule has 0 atom stereocenters. The zero-order chi connectivity index (χ0) is 21.4. The molecule has 0 radical (unpaired) electrons. The first-order chi connectivity index (χ1) is 15.2. The van der Waals surface area contributed by atoms with Gasteiger partial charge in [0.05, 0.1) is 12.8 Å². The molecule has 5 nitrogen and oxygen atoms in total. The summed E-state index contributed by atoms with van der Waals surface area (Å²) in [5, 5.41) is 1.03. The molecule has 1 aliphatic carbocycles. The largest absolute Gasteiger partial charge is 0.496 e. The third-order valence-corrected chi connectivity index (χ3v) is 6.35. The molecule has 0 unspecified atom stereocenters. The summed E-state index contributed by atoms with van der Waals surface area (Å²) in [6.07, 6.45) is 6.44. The second kappa shape index (κ2) is 7.91. The third-order valence-electron chi connectivity index (χ3n) is 6.35. The minimum atomic E-state index is -0.353. The predicted octanol–water partition coefficient (Wildman–Crippen LogP) is 5.66. The summed E-state index contributed by atoms with van der Waals surface area (Å²) in [6, 6.07) is 18.1. The topological polar surface area (TPSA) is 81.0 Å². The number of aromatic amines is 1. The van der Waals surface area contributed by atoms with Gasteiger partial charge in [0, 0.05) is 22.7 Å². The van der Waals surface area contributed by atoms with E-state index in [9.17, 15) is 4.79 Å². The van der Waals surface area contributed by atoms with E-state index in [2.05, 4.69) is 22.1 Å². The Balaban J connectivity index is 1.65. The van der Waals surface area contributed by atoms with Crippen molar-refractivity contribution >= 4 is 16.9 Å². The number of nitrogens with two attached hydrogens (primary N) is 1. The van der Waals surface area contributed by atoms with Gasteiger partial charge in [-0.2, -0.15) is 0 Å². The fourth-order valence-electron chi connectivity index (χ4n) is 4.82. The van der Waals surface area contributed by atoms with Crippen LogP contribution in [0.3, 0.4) is 0 Å². The van der Waals surface area contributed by atoms with Crippen molar-refractivity contribution in [2.24, 2.45) is 5.73 Å². The molecule has 2 aromatic heterocycles. The molecule has 0 saturated heterocycles. The van der Waals surface area contributed by atoms with Crippen molar-refractivity contribution in [1.29, 1.82) is 0 Å². The third kappa shape index (κ3) is 3.46. The van der Waals surface area contributed by atoms with E-state index in [4.69, 9.17) is 10.5 Å². The second-order valence-electron chi connectivity index (χ2n) is 8.15. The highest BCUT2D eigenvalue weighted by Gasteiger charge is 2.23. The average molecular weight is 412 g/mol. The maximum absolute atomic E-state index is 12.1. The Labute approximate surface area is 181 Å². The Morgan fingerprint density at radius 1 is 1.06 bits per heavy atom. The minimum Gasteiger partial charge on any atom is -0.496 e. The molecule has 5 rings (SSSR count). The Kier molecular flexibility index (Phi) is 4.94. The number of H-pyrrole nitrogens is 1. The van der Waals surface area contributed by atoms with Crippen LogP contribution in [0.15, 0.2) is 60.8 Å². The van der Waals surface area contributed by atoms with E-state index in [0.29, 0.717) is 11.5 Å². The summed E-state index contributed by atoms with van der Waals surface area (Å²) in [5.41, 5.74) is 12.3. The SMILES string of the molecule is COc1ccccc1-c1cc2c(-c3ccc(C(N)=O)c(C4CCCC4)c3)ccnc2[nH]1. The van der Waals surface area contributed by atoms with Gasteiger partial charge in [0.15, 0.2) is 0 Å². The van der Waals surface area contributed by atoms with E-state index in [-0.39, 0.29) is 5.91 Å². The van der Waals surface area contributed by atoms with Crippen LogP contribution in [0.1, 0.15) is 47.5 Å². The summed E-state index contributed by atoms with van der Waals surface area (Å²) in [4.78, 5) is 20.0. The lowest BCUT2D eigenvalue weighted by atomic mass is 9.89. The first-order valence-corrected chi connectivity index (χ1v) is 10.7. The number of carbonyl (C=O) groups excluding carboxylic acids is 1. The van der Waals surface area contributed by atoms with E-state index in [1.807, 2.05) is 48.7 Å².